The van der Waals surface area contributed by atoms with E-state index in [0.717, 1.165) is 37.8 Å². The second kappa shape index (κ2) is 7.51. The molecule has 1 atom stereocenters. The Morgan fingerprint density at radius 3 is 2.96 bits per heavy atom. The number of benzene rings is 2. The Bertz CT molecular complexity index is 966. The van der Waals surface area contributed by atoms with Crippen LogP contribution in [0.2, 0.25) is 0 Å². The Hall–Kier alpha value is -2.69. The molecule has 0 bridgehead atoms. The van der Waals surface area contributed by atoms with E-state index in [1.54, 1.807) is 12.1 Å². The van der Waals surface area contributed by atoms with Crippen LogP contribution in [0.15, 0.2) is 46.9 Å². The molecule has 1 aromatic heterocycles. The number of halogens is 1. The molecule has 1 saturated heterocycles. The molecule has 0 aliphatic carbocycles. The first-order valence-corrected chi connectivity index (χ1v) is 9.62. The van der Waals surface area contributed by atoms with Gasteiger partial charge in [0.2, 0.25) is 11.8 Å². The van der Waals surface area contributed by atoms with Crippen molar-refractivity contribution in [3.8, 4) is 11.1 Å². The summed E-state index contributed by atoms with van der Waals surface area (Å²) in [4.78, 5) is 19.0. The molecule has 27 heavy (non-hydrogen) atoms. The van der Waals surface area contributed by atoms with Crippen LogP contribution >= 0.6 is 0 Å². The zero-order valence-electron chi connectivity index (χ0n) is 15.5. The number of amides is 1. The van der Waals surface area contributed by atoms with Crippen molar-refractivity contribution in [2.24, 2.45) is 0 Å². The van der Waals surface area contributed by atoms with Gasteiger partial charge >= 0.3 is 0 Å². The molecule has 0 N–H and O–H groups in total. The van der Waals surface area contributed by atoms with Crippen LogP contribution in [0.25, 0.3) is 22.2 Å². The van der Waals surface area contributed by atoms with E-state index in [1.165, 1.54) is 6.07 Å². The molecule has 1 fully saturated rings. The van der Waals surface area contributed by atoms with E-state index in [-0.39, 0.29) is 17.8 Å². The van der Waals surface area contributed by atoms with Gasteiger partial charge in [-0.1, -0.05) is 37.6 Å². The minimum absolute atomic E-state index is 0.0985. The highest BCUT2D eigenvalue weighted by Gasteiger charge is 2.33. The predicted octanol–water partition coefficient (Wildman–Crippen LogP) is 5.49. The van der Waals surface area contributed by atoms with Crippen molar-refractivity contribution >= 4 is 17.0 Å². The van der Waals surface area contributed by atoms with Crippen LogP contribution in [-0.2, 0) is 4.79 Å². The molecule has 4 nitrogen and oxygen atoms in total. The van der Waals surface area contributed by atoms with Crippen molar-refractivity contribution in [1.29, 1.82) is 0 Å². The Kier molecular flexibility index (Phi) is 4.92. The highest BCUT2D eigenvalue weighted by molar-refractivity contribution is 5.81. The highest BCUT2D eigenvalue weighted by Crippen LogP contribution is 2.35. The van der Waals surface area contributed by atoms with Gasteiger partial charge in [0.25, 0.3) is 0 Å². The minimum atomic E-state index is -0.260. The number of fused-ring (bicyclic) bond motifs is 1. The van der Waals surface area contributed by atoms with Gasteiger partial charge in [-0.3, -0.25) is 4.79 Å². The quantitative estimate of drug-likeness (QED) is 0.600. The first-order valence-electron chi connectivity index (χ1n) is 9.62. The van der Waals surface area contributed by atoms with Crippen molar-refractivity contribution in [2.75, 3.05) is 6.54 Å². The van der Waals surface area contributed by atoms with Crippen LogP contribution in [0.4, 0.5) is 4.39 Å². The zero-order chi connectivity index (χ0) is 18.8. The van der Waals surface area contributed by atoms with Crippen LogP contribution in [0.5, 0.6) is 0 Å². The van der Waals surface area contributed by atoms with Gasteiger partial charge in [0, 0.05) is 18.5 Å². The molecule has 5 heteroatoms. The molecule has 0 saturated carbocycles. The molecule has 0 radical (unpaired) electrons. The zero-order valence-corrected chi connectivity index (χ0v) is 15.5. The van der Waals surface area contributed by atoms with Gasteiger partial charge < -0.3 is 9.32 Å². The molecular formula is C22H23FN2O2. The van der Waals surface area contributed by atoms with Gasteiger partial charge in [-0.2, -0.15) is 0 Å². The van der Waals surface area contributed by atoms with Crippen LogP contribution in [0.1, 0.15) is 51.0 Å². The lowest BCUT2D eigenvalue weighted by Crippen LogP contribution is -2.30. The molecule has 1 aliphatic rings. The third-order valence-corrected chi connectivity index (χ3v) is 5.19. The normalized spacial score (nSPS) is 17.0. The predicted molar refractivity (Wildman–Crippen MR) is 103 cm³/mol. The fraction of sp³-hybridized carbons (Fsp3) is 0.364. The van der Waals surface area contributed by atoms with E-state index < -0.39 is 0 Å². The molecule has 1 aliphatic heterocycles. The number of oxazole rings is 1. The van der Waals surface area contributed by atoms with Gasteiger partial charge in [-0.05, 0) is 43.0 Å². The van der Waals surface area contributed by atoms with E-state index >= 15 is 0 Å². The molecule has 0 spiro atoms. The molecule has 3 aromatic rings. The van der Waals surface area contributed by atoms with Gasteiger partial charge in [0.1, 0.15) is 17.4 Å². The van der Waals surface area contributed by atoms with Crippen molar-refractivity contribution < 1.29 is 13.6 Å². The molecule has 2 aromatic carbocycles. The summed E-state index contributed by atoms with van der Waals surface area (Å²) in [6, 6.07) is 12.1. The van der Waals surface area contributed by atoms with Crippen molar-refractivity contribution in [1.82, 2.24) is 9.88 Å². The standard InChI is InChI=1S/C22H23FN2O2/c1-2-3-10-21(26)25-13-6-9-19(25)22-24-18-14-15(11-12-20(18)27-22)16-7-4-5-8-17(16)23/h4-5,7-8,11-12,14,19H,2-3,6,9-10,13H2,1H3/t19-/m1/s1. The summed E-state index contributed by atoms with van der Waals surface area (Å²) in [5.74, 6) is 0.496. The number of carbonyl (C=O) groups excluding carboxylic acids is 1. The lowest BCUT2D eigenvalue weighted by Gasteiger charge is -2.22. The number of likely N-dealkylation sites (tertiary alicyclic amines) is 1. The van der Waals surface area contributed by atoms with E-state index in [1.807, 2.05) is 29.2 Å². The largest absolute Gasteiger partial charge is 0.438 e. The first-order chi connectivity index (χ1) is 13.2. The molecule has 0 unspecified atom stereocenters. The summed E-state index contributed by atoms with van der Waals surface area (Å²) in [7, 11) is 0. The average molecular weight is 366 g/mol. The molecule has 140 valence electrons. The van der Waals surface area contributed by atoms with E-state index in [2.05, 4.69) is 11.9 Å². The fourth-order valence-electron chi connectivity index (χ4n) is 3.74. The topological polar surface area (TPSA) is 46.3 Å². The number of nitrogens with zero attached hydrogens (tertiary/aromatic N) is 2. The van der Waals surface area contributed by atoms with E-state index in [9.17, 15) is 9.18 Å². The first kappa shape index (κ1) is 17.7. The molecular weight excluding hydrogens is 343 g/mol. The molecule has 2 heterocycles. The van der Waals surface area contributed by atoms with Crippen LogP contribution in [0.3, 0.4) is 0 Å². The lowest BCUT2D eigenvalue weighted by atomic mass is 10.0. The maximum atomic E-state index is 14.1. The van der Waals surface area contributed by atoms with E-state index in [4.69, 9.17) is 4.42 Å². The Labute approximate surface area is 158 Å². The SMILES string of the molecule is CCCCC(=O)N1CCC[C@@H]1c1nc2cc(-c3ccccc3F)ccc2o1. The maximum absolute atomic E-state index is 14.1. The lowest BCUT2D eigenvalue weighted by molar-refractivity contribution is -0.132. The number of hydrogen-bond acceptors (Lipinski definition) is 3. The van der Waals surface area contributed by atoms with Crippen LogP contribution < -0.4 is 0 Å². The maximum Gasteiger partial charge on any atom is 0.223 e. The molecule has 1 amide bonds. The minimum Gasteiger partial charge on any atom is -0.438 e. The van der Waals surface area contributed by atoms with Gasteiger partial charge in [0.05, 0.1) is 0 Å². The summed E-state index contributed by atoms with van der Waals surface area (Å²) in [5.41, 5.74) is 2.67. The highest BCUT2D eigenvalue weighted by atomic mass is 19.1. The van der Waals surface area contributed by atoms with Crippen molar-refractivity contribution in [2.45, 2.75) is 45.1 Å². The number of aromatic nitrogens is 1. The summed E-state index contributed by atoms with van der Waals surface area (Å²) in [6.45, 7) is 2.84. The fourth-order valence-corrected chi connectivity index (χ4v) is 3.74. The summed E-state index contributed by atoms with van der Waals surface area (Å²) < 4.78 is 20.0. The average Bonchev–Trinajstić information content (AvgIpc) is 3.32. The second-order valence-corrected chi connectivity index (χ2v) is 7.06. The van der Waals surface area contributed by atoms with E-state index in [0.29, 0.717) is 29.0 Å². The number of unbranched alkanes of at least 4 members (excludes halogenated alkanes) is 1. The Morgan fingerprint density at radius 2 is 2.15 bits per heavy atom. The second-order valence-electron chi connectivity index (χ2n) is 7.06. The van der Waals surface area contributed by atoms with Crippen molar-refractivity contribution in [3.63, 3.8) is 0 Å². The van der Waals surface area contributed by atoms with Crippen LogP contribution in [0, 0.1) is 5.82 Å². The Morgan fingerprint density at radius 1 is 1.30 bits per heavy atom. The van der Waals surface area contributed by atoms with Gasteiger partial charge in [-0.25, -0.2) is 9.37 Å². The monoisotopic (exact) mass is 366 g/mol. The number of rotatable bonds is 5. The number of hydrogen-bond donors (Lipinski definition) is 0. The summed E-state index contributed by atoms with van der Waals surface area (Å²) >= 11 is 0. The third kappa shape index (κ3) is 3.46. The smallest absolute Gasteiger partial charge is 0.223 e. The third-order valence-electron chi connectivity index (χ3n) is 5.19. The Balaban J connectivity index is 1.63. The van der Waals surface area contributed by atoms with Gasteiger partial charge in [0.15, 0.2) is 5.58 Å². The number of carbonyl (C=O) groups is 1. The summed E-state index contributed by atoms with van der Waals surface area (Å²) in [6.07, 6.45) is 4.31. The van der Waals surface area contributed by atoms with Crippen molar-refractivity contribution in [3.05, 3.63) is 54.2 Å². The van der Waals surface area contributed by atoms with Gasteiger partial charge in [-0.15, -0.1) is 0 Å². The molecule has 4 rings (SSSR count). The summed E-state index contributed by atoms with van der Waals surface area (Å²) in [5, 5.41) is 0. The van der Waals surface area contributed by atoms with Crippen LogP contribution in [-0.4, -0.2) is 22.3 Å².